The molecule has 0 radical (unpaired) electrons. The number of aliphatic imine (C=N–C) groups is 1. The Kier molecular flexibility index (Phi) is 8.53. The molecular formula is C22H26ClIN6O. The maximum Gasteiger partial charge on any atom is 0.246 e. The molecule has 164 valence electrons. The molecule has 2 heterocycles. The quantitative estimate of drug-likeness (QED) is 0.279. The summed E-state index contributed by atoms with van der Waals surface area (Å²) in [6.07, 6.45) is 2.24. The van der Waals surface area contributed by atoms with E-state index in [0.29, 0.717) is 29.3 Å². The largest absolute Gasteiger partial charge is 0.369 e. The van der Waals surface area contributed by atoms with E-state index in [0.717, 1.165) is 37.5 Å². The Hall–Kier alpha value is -2.33. The number of hydrogen-bond donors (Lipinski definition) is 2. The van der Waals surface area contributed by atoms with Crippen molar-refractivity contribution in [3.8, 4) is 11.4 Å². The number of halogens is 2. The minimum absolute atomic E-state index is 0. The average Bonchev–Trinajstić information content (AvgIpc) is 3.26. The summed E-state index contributed by atoms with van der Waals surface area (Å²) < 4.78 is 5.36. The molecule has 2 aromatic carbocycles. The minimum atomic E-state index is 0. The monoisotopic (exact) mass is 552 g/mol. The van der Waals surface area contributed by atoms with Gasteiger partial charge < -0.3 is 20.1 Å². The third kappa shape index (κ3) is 6.33. The molecule has 0 aliphatic carbocycles. The number of rotatable bonds is 5. The molecule has 0 amide bonds. The lowest BCUT2D eigenvalue weighted by Gasteiger charge is -2.35. The fourth-order valence-corrected chi connectivity index (χ4v) is 3.78. The zero-order valence-corrected chi connectivity index (χ0v) is 20.4. The normalized spacial score (nSPS) is 16.5. The molecule has 7 nitrogen and oxygen atoms in total. The molecule has 4 rings (SSSR count). The molecule has 3 aromatic rings. The van der Waals surface area contributed by atoms with Crippen LogP contribution in [-0.2, 0) is 6.54 Å². The lowest BCUT2D eigenvalue weighted by Crippen LogP contribution is -2.51. The van der Waals surface area contributed by atoms with E-state index in [1.165, 1.54) is 5.69 Å². The predicted octanol–water partition coefficient (Wildman–Crippen LogP) is 4.34. The Bertz CT molecular complexity index is 996. The van der Waals surface area contributed by atoms with Crippen molar-refractivity contribution in [1.82, 2.24) is 20.8 Å². The summed E-state index contributed by atoms with van der Waals surface area (Å²) in [5, 5.41) is 11.4. The van der Waals surface area contributed by atoms with E-state index >= 15 is 0 Å². The standard InChI is InChI=1S/C22H25ClN6O.HI/c1-24-22(26-18-9-6-12-29(15-18)19-10-3-2-4-11-19)25-14-20-27-21(28-30-20)16-7-5-8-17(23)13-16;/h2-5,7-8,10-11,13,18H,6,9,12,14-15H2,1H3,(H2,24,25,26);1H. The van der Waals surface area contributed by atoms with E-state index in [1.807, 2.05) is 30.3 Å². The highest BCUT2D eigenvalue weighted by Crippen LogP contribution is 2.20. The second-order valence-electron chi connectivity index (χ2n) is 7.21. The number of hydrogen-bond acceptors (Lipinski definition) is 5. The van der Waals surface area contributed by atoms with Crippen molar-refractivity contribution in [2.75, 3.05) is 25.0 Å². The number of para-hydroxylation sites is 1. The summed E-state index contributed by atoms with van der Waals surface area (Å²) in [5.41, 5.74) is 2.08. The average molecular weight is 553 g/mol. The van der Waals surface area contributed by atoms with Crippen molar-refractivity contribution in [3.63, 3.8) is 0 Å². The van der Waals surface area contributed by atoms with Gasteiger partial charge in [0.05, 0.1) is 6.54 Å². The van der Waals surface area contributed by atoms with Crippen LogP contribution in [0, 0.1) is 0 Å². The zero-order valence-electron chi connectivity index (χ0n) is 17.3. The van der Waals surface area contributed by atoms with Crippen LogP contribution in [0.4, 0.5) is 5.69 Å². The van der Waals surface area contributed by atoms with Gasteiger partial charge >= 0.3 is 0 Å². The number of anilines is 1. The number of benzene rings is 2. The van der Waals surface area contributed by atoms with E-state index < -0.39 is 0 Å². The highest BCUT2D eigenvalue weighted by Gasteiger charge is 2.21. The topological polar surface area (TPSA) is 78.6 Å². The third-order valence-electron chi connectivity index (χ3n) is 5.07. The smallest absolute Gasteiger partial charge is 0.246 e. The van der Waals surface area contributed by atoms with Gasteiger partial charge in [0.25, 0.3) is 0 Å². The SMILES string of the molecule is CN=C(NCc1nc(-c2cccc(Cl)c2)no1)NC1CCCN(c2ccccc2)C1.I. The number of piperidine rings is 1. The minimum Gasteiger partial charge on any atom is -0.369 e. The van der Waals surface area contributed by atoms with Crippen LogP contribution in [0.2, 0.25) is 5.02 Å². The molecule has 0 spiro atoms. The lowest BCUT2D eigenvalue weighted by molar-refractivity contribution is 0.374. The highest BCUT2D eigenvalue weighted by atomic mass is 127. The van der Waals surface area contributed by atoms with Crippen LogP contribution in [-0.4, -0.2) is 42.3 Å². The second kappa shape index (κ2) is 11.3. The Morgan fingerprint density at radius 1 is 1.23 bits per heavy atom. The van der Waals surface area contributed by atoms with Crippen molar-refractivity contribution in [3.05, 3.63) is 65.5 Å². The molecule has 1 aliphatic rings. The summed E-state index contributed by atoms with van der Waals surface area (Å²) in [5.74, 6) is 1.72. The second-order valence-corrected chi connectivity index (χ2v) is 7.65. The maximum atomic E-state index is 6.04. The predicted molar refractivity (Wildman–Crippen MR) is 135 cm³/mol. The van der Waals surface area contributed by atoms with Crippen molar-refractivity contribution in [1.29, 1.82) is 0 Å². The van der Waals surface area contributed by atoms with Crippen LogP contribution >= 0.6 is 35.6 Å². The van der Waals surface area contributed by atoms with Gasteiger partial charge in [-0.25, -0.2) is 0 Å². The van der Waals surface area contributed by atoms with E-state index in [4.69, 9.17) is 16.1 Å². The van der Waals surface area contributed by atoms with Crippen molar-refractivity contribution in [2.24, 2.45) is 4.99 Å². The summed E-state index contributed by atoms with van der Waals surface area (Å²) in [4.78, 5) is 11.2. The van der Waals surface area contributed by atoms with Crippen LogP contribution < -0.4 is 15.5 Å². The molecular weight excluding hydrogens is 527 g/mol. The molecule has 0 saturated carbocycles. The Morgan fingerprint density at radius 2 is 2.06 bits per heavy atom. The summed E-state index contributed by atoms with van der Waals surface area (Å²) in [7, 11) is 1.76. The molecule has 1 saturated heterocycles. The first-order chi connectivity index (χ1) is 14.7. The fraction of sp³-hybridized carbons (Fsp3) is 0.318. The van der Waals surface area contributed by atoms with Crippen LogP contribution in [0.1, 0.15) is 18.7 Å². The van der Waals surface area contributed by atoms with Gasteiger partial charge in [0.2, 0.25) is 11.7 Å². The van der Waals surface area contributed by atoms with Crippen LogP contribution in [0.25, 0.3) is 11.4 Å². The van der Waals surface area contributed by atoms with Gasteiger partial charge in [-0.3, -0.25) is 4.99 Å². The third-order valence-corrected chi connectivity index (χ3v) is 5.30. The summed E-state index contributed by atoms with van der Waals surface area (Å²) in [6.45, 7) is 2.40. The number of guanidine groups is 1. The maximum absolute atomic E-state index is 6.04. The molecule has 31 heavy (non-hydrogen) atoms. The van der Waals surface area contributed by atoms with Crippen LogP contribution in [0.15, 0.2) is 64.1 Å². The van der Waals surface area contributed by atoms with Gasteiger partial charge in [0.1, 0.15) is 0 Å². The van der Waals surface area contributed by atoms with Gasteiger partial charge in [-0.2, -0.15) is 4.98 Å². The summed E-state index contributed by atoms with van der Waals surface area (Å²) in [6, 6.07) is 18.2. The lowest BCUT2D eigenvalue weighted by atomic mass is 10.1. The van der Waals surface area contributed by atoms with Crippen molar-refractivity contribution in [2.45, 2.75) is 25.4 Å². The molecule has 9 heteroatoms. The van der Waals surface area contributed by atoms with Gasteiger partial charge in [-0.05, 0) is 37.1 Å². The van der Waals surface area contributed by atoms with Gasteiger partial charge in [0, 0.05) is 42.5 Å². The molecule has 1 fully saturated rings. The van der Waals surface area contributed by atoms with E-state index in [9.17, 15) is 0 Å². The Labute approximate surface area is 204 Å². The molecule has 2 N–H and O–H groups in total. The first kappa shape index (κ1) is 23.3. The van der Waals surface area contributed by atoms with Crippen LogP contribution in [0.5, 0.6) is 0 Å². The van der Waals surface area contributed by atoms with Gasteiger partial charge in [0.15, 0.2) is 5.96 Å². The van der Waals surface area contributed by atoms with Gasteiger partial charge in [-0.15, -0.1) is 24.0 Å². The molecule has 1 aliphatic heterocycles. The fourth-order valence-electron chi connectivity index (χ4n) is 3.59. The van der Waals surface area contributed by atoms with Crippen molar-refractivity contribution < 1.29 is 4.52 Å². The first-order valence-corrected chi connectivity index (χ1v) is 10.4. The first-order valence-electron chi connectivity index (χ1n) is 10.1. The number of nitrogens with zero attached hydrogens (tertiary/aromatic N) is 4. The molecule has 1 unspecified atom stereocenters. The molecule has 0 bridgehead atoms. The van der Waals surface area contributed by atoms with Crippen molar-refractivity contribution >= 4 is 47.2 Å². The molecule has 1 atom stereocenters. The van der Waals surface area contributed by atoms with E-state index in [-0.39, 0.29) is 24.0 Å². The molecule has 1 aromatic heterocycles. The zero-order chi connectivity index (χ0) is 20.8. The van der Waals surface area contributed by atoms with E-state index in [1.54, 1.807) is 7.05 Å². The number of aromatic nitrogens is 2. The van der Waals surface area contributed by atoms with Crippen LogP contribution in [0.3, 0.4) is 0 Å². The Morgan fingerprint density at radius 3 is 2.84 bits per heavy atom. The Balaban J connectivity index is 0.00000272. The van der Waals surface area contributed by atoms with E-state index in [2.05, 4.69) is 54.9 Å². The number of nitrogens with one attached hydrogen (secondary N) is 2. The summed E-state index contributed by atoms with van der Waals surface area (Å²) >= 11 is 6.04. The highest BCUT2D eigenvalue weighted by molar-refractivity contribution is 14.0. The van der Waals surface area contributed by atoms with Gasteiger partial charge in [-0.1, -0.05) is 47.1 Å².